The largest absolute Gasteiger partial charge is 0.388 e. The molecule has 0 saturated heterocycles. The molecule has 1 N–H and O–H groups in total. The fraction of sp³-hybridized carbons (Fsp3) is 0.462. The van der Waals surface area contributed by atoms with Gasteiger partial charge < -0.3 is 10.0 Å². The van der Waals surface area contributed by atoms with Gasteiger partial charge in [0, 0.05) is 26.1 Å². The molecule has 1 amide bonds. The maximum atomic E-state index is 13.3. The lowest BCUT2D eigenvalue weighted by molar-refractivity contribution is -0.128. The lowest BCUT2D eigenvalue weighted by Gasteiger charge is -2.13. The smallest absolute Gasteiger partial charge is 0.222 e. The molecule has 100 valence electrons. The van der Waals surface area contributed by atoms with E-state index in [4.69, 9.17) is 0 Å². The summed E-state index contributed by atoms with van der Waals surface area (Å²) in [5.41, 5.74) is -0.0627. The van der Waals surface area contributed by atoms with E-state index in [9.17, 15) is 18.7 Å². The van der Waals surface area contributed by atoms with Gasteiger partial charge in [-0.3, -0.25) is 4.79 Å². The summed E-state index contributed by atoms with van der Waals surface area (Å²) in [7, 11) is 3.29. The minimum atomic E-state index is -1.09. The number of hydrogen-bond donors (Lipinski definition) is 1. The third kappa shape index (κ3) is 4.07. The van der Waals surface area contributed by atoms with Crippen LogP contribution < -0.4 is 0 Å². The summed E-state index contributed by atoms with van der Waals surface area (Å²) in [5.74, 6) is -1.28. The van der Waals surface area contributed by atoms with Crippen LogP contribution in [0.5, 0.6) is 0 Å². The molecule has 0 heterocycles. The molecule has 0 bridgehead atoms. The number of aliphatic hydroxyl groups is 1. The predicted molar refractivity (Wildman–Crippen MR) is 63.9 cm³/mol. The third-order valence-electron chi connectivity index (χ3n) is 2.68. The zero-order chi connectivity index (χ0) is 13.7. The quantitative estimate of drug-likeness (QED) is 0.879. The monoisotopic (exact) mass is 257 g/mol. The van der Waals surface area contributed by atoms with Crippen LogP contribution in [-0.4, -0.2) is 30.0 Å². The molecule has 5 heteroatoms. The Hall–Kier alpha value is -1.49. The number of halogens is 2. The van der Waals surface area contributed by atoms with Gasteiger partial charge in [-0.15, -0.1) is 0 Å². The van der Waals surface area contributed by atoms with E-state index >= 15 is 0 Å². The molecule has 1 atom stereocenters. The van der Waals surface area contributed by atoms with Crippen molar-refractivity contribution in [1.82, 2.24) is 4.90 Å². The fourth-order valence-corrected chi connectivity index (χ4v) is 1.60. The van der Waals surface area contributed by atoms with E-state index in [0.29, 0.717) is 6.42 Å². The standard InChI is InChI=1S/C13H17F2NO2/c1-16(2)13(18)5-3-4-12(17)10-8-9(14)6-7-11(10)15/h6-8,12,17H,3-5H2,1-2H3. The zero-order valence-electron chi connectivity index (χ0n) is 10.5. The van der Waals surface area contributed by atoms with E-state index in [0.717, 1.165) is 18.2 Å². The summed E-state index contributed by atoms with van der Waals surface area (Å²) in [6, 6.07) is 2.97. The summed E-state index contributed by atoms with van der Waals surface area (Å²) in [6.07, 6.45) is -0.162. The van der Waals surface area contributed by atoms with Crippen molar-refractivity contribution in [3.8, 4) is 0 Å². The molecular weight excluding hydrogens is 240 g/mol. The van der Waals surface area contributed by atoms with Gasteiger partial charge in [0.05, 0.1) is 6.10 Å². The van der Waals surface area contributed by atoms with E-state index in [1.165, 1.54) is 4.90 Å². The molecule has 0 aromatic heterocycles. The number of amides is 1. The van der Waals surface area contributed by atoms with Gasteiger partial charge >= 0.3 is 0 Å². The molecule has 0 fully saturated rings. The molecule has 1 rings (SSSR count). The van der Waals surface area contributed by atoms with E-state index in [1.54, 1.807) is 14.1 Å². The van der Waals surface area contributed by atoms with Crippen molar-refractivity contribution in [1.29, 1.82) is 0 Å². The number of benzene rings is 1. The Balaban J connectivity index is 2.53. The molecule has 0 aliphatic rings. The van der Waals surface area contributed by atoms with E-state index < -0.39 is 17.7 Å². The van der Waals surface area contributed by atoms with Crippen molar-refractivity contribution in [3.63, 3.8) is 0 Å². The predicted octanol–water partition coefficient (Wildman–Crippen LogP) is 2.26. The SMILES string of the molecule is CN(C)C(=O)CCCC(O)c1cc(F)ccc1F. The van der Waals surface area contributed by atoms with Crippen LogP contribution in [0.3, 0.4) is 0 Å². The van der Waals surface area contributed by atoms with Crippen LogP contribution in [0.4, 0.5) is 8.78 Å². The van der Waals surface area contributed by atoms with Crippen LogP contribution in [0.2, 0.25) is 0 Å². The van der Waals surface area contributed by atoms with Crippen molar-refractivity contribution in [3.05, 3.63) is 35.4 Å². The molecule has 1 aromatic carbocycles. The van der Waals surface area contributed by atoms with E-state index in [-0.39, 0.29) is 24.3 Å². The summed E-state index contributed by atoms with van der Waals surface area (Å²) in [4.78, 5) is 12.7. The normalized spacial score (nSPS) is 12.3. The summed E-state index contributed by atoms with van der Waals surface area (Å²) in [5, 5.41) is 9.75. The third-order valence-corrected chi connectivity index (χ3v) is 2.68. The number of carbonyl (C=O) groups excluding carboxylic acids is 1. The van der Waals surface area contributed by atoms with E-state index in [2.05, 4.69) is 0 Å². The minimum Gasteiger partial charge on any atom is -0.388 e. The topological polar surface area (TPSA) is 40.5 Å². The second-order valence-corrected chi connectivity index (χ2v) is 4.36. The average Bonchev–Trinajstić information content (AvgIpc) is 2.31. The second kappa shape index (κ2) is 6.44. The van der Waals surface area contributed by atoms with Crippen LogP contribution >= 0.6 is 0 Å². The van der Waals surface area contributed by atoms with Crippen LogP contribution in [-0.2, 0) is 4.79 Å². The number of hydrogen-bond acceptors (Lipinski definition) is 2. The van der Waals surface area contributed by atoms with Gasteiger partial charge in [-0.2, -0.15) is 0 Å². The van der Waals surface area contributed by atoms with Crippen LogP contribution in [0, 0.1) is 11.6 Å². The zero-order valence-corrected chi connectivity index (χ0v) is 10.5. The van der Waals surface area contributed by atoms with Gasteiger partial charge in [-0.1, -0.05) is 0 Å². The number of aliphatic hydroxyl groups excluding tert-OH is 1. The molecule has 18 heavy (non-hydrogen) atoms. The van der Waals surface area contributed by atoms with Gasteiger partial charge in [-0.05, 0) is 31.0 Å². The number of rotatable bonds is 5. The Bertz CT molecular complexity index is 421. The van der Waals surface area contributed by atoms with Gasteiger partial charge in [0.1, 0.15) is 11.6 Å². The second-order valence-electron chi connectivity index (χ2n) is 4.36. The molecule has 0 aliphatic heterocycles. The Morgan fingerprint density at radius 3 is 2.67 bits per heavy atom. The van der Waals surface area contributed by atoms with Gasteiger partial charge in [0.15, 0.2) is 0 Å². The molecule has 1 aromatic rings. The highest BCUT2D eigenvalue weighted by Gasteiger charge is 2.14. The molecule has 0 saturated carbocycles. The summed E-state index contributed by atoms with van der Waals surface area (Å²) < 4.78 is 26.3. The van der Waals surface area contributed by atoms with Crippen LogP contribution in [0.15, 0.2) is 18.2 Å². The molecular formula is C13H17F2NO2. The molecule has 1 unspecified atom stereocenters. The highest BCUT2D eigenvalue weighted by molar-refractivity contribution is 5.75. The fourth-order valence-electron chi connectivity index (χ4n) is 1.60. The Kier molecular flexibility index (Phi) is 5.22. The van der Waals surface area contributed by atoms with Crippen molar-refractivity contribution >= 4 is 5.91 Å². The van der Waals surface area contributed by atoms with Crippen molar-refractivity contribution in [2.45, 2.75) is 25.4 Å². The summed E-state index contributed by atoms with van der Waals surface area (Å²) >= 11 is 0. The van der Waals surface area contributed by atoms with Crippen molar-refractivity contribution in [2.24, 2.45) is 0 Å². The van der Waals surface area contributed by atoms with Crippen LogP contribution in [0.1, 0.15) is 30.9 Å². The minimum absolute atomic E-state index is 0.0538. The first kappa shape index (κ1) is 14.6. The molecule has 3 nitrogen and oxygen atoms in total. The first-order chi connectivity index (χ1) is 8.41. The number of nitrogens with zero attached hydrogens (tertiary/aromatic N) is 1. The van der Waals surface area contributed by atoms with Crippen LogP contribution in [0.25, 0.3) is 0 Å². The Morgan fingerprint density at radius 1 is 1.39 bits per heavy atom. The molecule has 0 aliphatic carbocycles. The number of carbonyl (C=O) groups is 1. The maximum Gasteiger partial charge on any atom is 0.222 e. The highest BCUT2D eigenvalue weighted by atomic mass is 19.1. The highest BCUT2D eigenvalue weighted by Crippen LogP contribution is 2.23. The van der Waals surface area contributed by atoms with Gasteiger partial charge in [0.25, 0.3) is 0 Å². The summed E-state index contributed by atoms with van der Waals surface area (Å²) in [6.45, 7) is 0. The Morgan fingerprint density at radius 2 is 2.06 bits per heavy atom. The lowest BCUT2D eigenvalue weighted by Crippen LogP contribution is -2.21. The average molecular weight is 257 g/mol. The van der Waals surface area contributed by atoms with Crippen molar-refractivity contribution in [2.75, 3.05) is 14.1 Å². The Labute approximate surface area is 105 Å². The maximum absolute atomic E-state index is 13.3. The first-order valence-electron chi connectivity index (χ1n) is 5.75. The molecule has 0 radical (unpaired) electrons. The molecule has 0 spiro atoms. The first-order valence-corrected chi connectivity index (χ1v) is 5.75. The van der Waals surface area contributed by atoms with Crippen molar-refractivity contribution < 1.29 is 18.7 Å². The lowest BCUT2D eigenvalue weighted by atomic mass is 10.0. The van der Waals surface area contributed by atoms with Gasteiger partial charge in [0.2, 0.25) is 5.91 Å². The van der Waals surface area contributed by atoms with E-state index in [1.807, 2.05) is 0 Å². The van der Waals surface area contributed by atoms with Gasteiger partial charge in [-0.25, -0.2) is 8.78 Å².